The van der Waals surface area contributed by atoms with Crippen LogP contribution in [0.2, 0.25) is 0 Å². The number of allylic oxidation sites excluding steroid dienone is 14. The molecular formula is C45H74O9. The Morgan fingerprint density at radius 1 is 0.593 bits per heavy atom. The molecule has 1 heterocycles. The van der Waals surface area contributed by atoms with Crippen LogP contribution in [0.3, 0.4) is 0 Å². The lowest BCUT2D eigenvalue weighted by atomic mass is 9.99. The first-order chi connectivity index (χ1) is 26.4. The second-order valence-corrected chi connectivity index (χ2v) is 13.7. The normalized spacial score (nSPS) is 21.8. The Balaban J connectivity index is 2.35. The van der Waals surface area contributed by atoms with Gasteiger partial charge in [0.25, 0.3) is 0 Å². The van der Waals surface area contributed by atoms with Crippen molar-refractivity contribution in [1.82, 2.24) is 0 Å². The molecule has 0 aromatic carbocycles. The van der Waals surface area contributed by atoms with E-state index in [1.165, 1.54) is 0 Å². The summed E-state index contributed by atoms with van der Waals surface area (Å²) in [6, 6.07) is 0. The number of hydrogen-bond acceptors (Lipinski definition) is 9. The SMILES string of the molecule is CC/C=C\C/C=C\C/C=C\C/C=C\CCCCCOCC(COC1OC(CO)C(O)C(O)C1O)OC(=O)CCCCCCC/C=C\C/C=C\C/C=C\CC. The molecule has 0 amide bonds. The molecule has 6 atom stereocenters. The molecule has 0 spiro atoms. The largest absolute Gasteiger partial charge is 0.457 e. The van der Waals surface area contributed by atoms with Gasteiger partial charge in [-0.25, -0.2) is 0 Å². The fraction of sp³-hybridized carbons (Fsp3) is 0.667. The summed E-state index contributed by atoms with van der Waals surface area (Å²) in [5.74, 6) is -0.347. The molecule has 54 heavy (non-hydrogen) atoms. The molecule has 9 nitrogen and oxygen atoms in total. The van der Waals surface area contributed by atoms with Crippen molar-refractivity contribution in [2.45, 2.75) is 166 Å². The summed E-state index contributed by atoms with van der Waals surface area (Å²) >= 11 is 0. The molecule has 0 saturated carbocycles. The fourth-order valence-electron chi connectivity index (χ4n) is 5.61. The fourth-order valence-corrected chi connectivity index (χ4v) is 5.61. The highest BCUT2D eigenvalue weighted by molar-refractivity contribution is 5.69. The van der Waals surface area contributed by atoms with Crippen molar-refractivity contribution in [2.24, 2.45) is 0 Å². The van der Waals surface area contributed by atoms with Crippen LogP contribution in [0.1, 0.15) is 129 Å². The van der Waals surface area contributed by atoms with Gasteiger partial charge in [-0.1, -0.05) is 125 Å². The van der Waals surface area contributed by atoms with E-state index in [9.17, 15) is 25.2 Å². The average molecular weight is 759 g/mol. The molecule has 9 heteroatoms. The zero-order chi connectivity index (χ0) is 39.3. The minimum atomic E-state index is -1.55. The van der Waals surface area contributed by atoms with Gasteiger partial charge in [0.05, 0.1) is 19.8 Å². The van der Waals surface area contributed by atoms with E-state index in [4.69, 9.17) is 18.9 Å². The quantitative estimate of drug-likeness (QED) is 0.0295. The monoisotopic (exact) mass is 759 g/mol. The maximum absolute atomic E-state index is 12.7. The number of carbonyl (C=O) groups excluding carboxylic acids is 1. The third-order valence-electron chi connectivity index (χ3n) is 8.81. The van der Waals surface area contributed by atoms with Crippen molar-refractivity contribution >= 4 is 5.97 Å². The molecule has 0 aromatic heterocycles. The van der Waals surface area contributed by atoms with Gasteiger partial charge in [0.2, 0.25) is 0 Å². The number of carbonyl (C=O) groups is 1. The Morgan fingerprint density at radius 2 is 1.07 bits per heavy atom. The van der Waals surface area contributed by atoms with Crippen molar-refractivity contribution in [3.8, 4) is 0 Å². The molecular weight excluding hydrogens is 684 g/mol. The Bertz CT molecular complexity index is 1090. The molecule has 6 unspecified atom stereocenters. The third-order valence-corrected chi connectivity index (χ3v) is 8.81. The molecule has 308 valence electrons. The smallest absolute Gasteiger partial charge is 0.306 e. The van der Waals surface area contributed by atoms with E-state index in [-0.39, 0.29) is 25.6 Å². The van der Waals surface area contributed by atoms with Crippen molar-refractivity contribution in [1.29, 1.82) is 0 Å². The molecule has 1 aliphatic rings. The number of aliphatic hydroxyl groups is 4. The summed E-state index contributed by atoms with van der Waals surface area (Å²) < 4.78 is 22.7. The predicted molar refractivity (Wildman–Crippen MR) is 219 cm³/mol. The van der Waals surface area contributed by atoms with Crippen molar-refractivity contribution in [3.63, 3.8) is 0 Å². The zero-order valence-electron chi connectivity index (χ0n) is 33.4. The van der Waals surface area contributed by atoms with Crippen LogP contribution in [-0.2, 0) is 23.7 Å². The van der Waals surface area contributed by atoms with Crippen molar-refractivity contribution < 1.29 is 44.2 Å². The molecule has 0 radical (unpaired) electrons. The minimum Gasteiger partial charge on any atom is -0.457 e. The second kappa shape index (κ2) is 36.0. The summed E-state index contributed by atoms with van der Waals surface area (Å²) in [5.41, 5.74) is 0. The van der Waals surface area contributed by atoms with Crippen molar-refractivity contribution in [2.75, 3.05) is 26.4 Å². The lowest BCUT2D eigenvalue weighted by molar-refractivity contribution is -0.305. The summed E-state index contributed by atoms with van der Waals surface area (Å²) in [5, 5.41) is 40.0. The van der Waals surface area contributed by atoms with Crippen molar-refractivity contribution in [3.05, 3.63) is 85.1 Å². The number of hydrogen-bond donors (Lipinski definition) is 4. The average Bonchev–Trinajstić information content (AvgIpc) is 3.17. The Hall–Kier alpha value is -2.63. The highest BCUT2D eigenvalue weighted by Crippen LogP contribution is 2.22. The highest BCUT2D eigenvalue weighted by atomic mass is 16.7. The Labute approximate surface area is 327 Å². The number of unbranched alkanes of at least 4 members (excludes halogenated alkanes) is 8. The zero-order valence-corrected chi connectivity index (χ0v) is 33.4. The van der Waals surface area contributed by atoms with Crippen LogP contribution in [0.4, 0.5) is 0 Å². The lowest BCUT2D eigenvalue weighted by Gasteiger charge is -2.39. The van der Waals surface area contributed by atoms with Gasteiger partial charge in [-0.15, -0.1) is 0 Å². The summed E-state index contributed by atoms with van der Waals surface area (Å²) in [6.45, 7) is 4.20. The van der Waals surface area contributed by atoms with E-state index in [2.05, 4.69) is 98.9 Å². The van der Waals surface area contributed by atoms with Gasteiger partial charge in [0.1, 0.15) is 30.5 Å². The molecule has 0 bridgehead atoms. The van der Waals surface area contributed by atoms with Gasteiger partial charge in [0.15, 0.2) is 6.29 Å². The van der Waals surface area contributed by atoms with E-state index in [1.807, 2.05) is 0 Å². The number of rotatable bonds is 33. The summed E-state index contributed by atoms with van der Waals surface area (Å²) in [4.78, 5) is 12.7. The van der Waals surface area contributed by atoms with Crippen LogP contribution in [0, 0.1) is 0 Å². The van der Waals surface area contributed by atoms with E-state index >= 15 is 0 Å². The minimum absolute atomic E-state index is 0.110. The van der Waals surface area contributed by atoms with Gasteiger partial charge < -0.3 is 39.4 Å². The second-order valence-electron chi connectivity index (χ2n) is 13.7. The number of aliphatic hydroxyl groups excluding tert-OH is 4. The first-order valence-electron chi connectivity index (χ1n) is 20.7. The van der Waals surface area contributed by atoms with E-state index < -0.39 is 43.4 Å². The number of ether oxygens (including phenoxy) is 4. The molecule has 0 aliphatic carbocycles. The summed E-state index contributed by atoms with van der Waals surface area (Å²) in [7, 11) is 0. The first kappa shape index (κ1) is 49.4. The van der Waals surface area contributed by atoms with Crippen LogP contribution >= 0.6 is 0 Å². The number of esters is 1. The molecule has 1 fully saturated rings. The van der Waals surface area contributed by atoms with Gasteiger partial charge in [0, 0.05) is 13.0 Å². The predicted octanol–water partition coefficient (Wildman–Crippen LogP) is 8.69. The standard InChI is InChI=1S/C45H74O9/c1-3-5-7-9-11-13-15-17-19-21-23-25-27-29-31-33-35-51-37-39(38-52-45-44(50)43(49)42(48)40(36-46)54-45)53-41(47)34-32-30-28-26-24-22-20-18-16-14-12-10-8-6-4-2/h5-8,11-14,17-20,23,25,39-40,42-46,48-50H,3-4,9-10,15-16,21-22,24,26-38H2,1-2H3/b7-5-,8-6-,13-11-,14-12-,19-17-,20-18-,25-23-. The summed E-state index contributed by atoms with van der Waals surface area (Å²) in [6.07, 6.45) is 40.4. The maximum atomic E-state index is 12.7. The van der Waals surface area contributed by atoms with Crippen LogP contribution in [-0.4, -0.2) is 89.6 Å². The van der Waals surface area contributed by atoms with E-state index in [1.54, 1.807) is 0 Å². The van der Waals surface area contributed by atoms with Gasteiger partial charge in [-0.2, -0.15) is 0 Å². The molecule has 0 aromatic rings. The molecule has 4 N–H and O–H groups in total. The molecule has 1 aliphatic heterocycles. The van der Waals surface area contributed by atoms with E-state index in [0.29, 0.717) is 6.61 Å². The Morgan fingerprint density at radius 3 is 1.61 bits per heavy atom. The van der Waals surface area contributed by atoms with Gasteiger partial charge in [-0.05, 0) is 83.5 Å². The van der Waals surface area contributed by atoms with Crippen LogP contribution in [0.5, 0.6) is 0 Å². The first-order valence-corrected chi connectivity index (χ1v) is 20.7. The molecule has 1 rings (SSSR count). The molecule has 1 saturated heterocycles. The maximum Gasteiger partial charge on any atom is 0.306 e. The topological polar surface area (TPSA) is 135 Å². The van der Waals surface area contributed by atoms with Gasteiger partial charge >= 0.3 is 5.97 Å². The van der Waals surface area contributed by atoms with Crippen LogP contribution in [0.25, 0.3) is 0 Å². The van der Waals surface area contributed by atoms with E-state index in [0.717, 1.165) is 109 Å². The Kier molecular flexibility index (Phi) is 33.0. The lowest BCUT2D eigenvalue weighted by Crippen LogP contribution is -2.59. The van der Waals surface area contributed by atoms with Crippen LogP contribution < -0.4 is 0 Å². The van der Waals surface area contributed by atoms with Gasteiger partial charge in [-0.3, -0.25) is 4.79 Å². The third kappa shape index (κ3) is 27.0. The van der Waals surface area contributed by atoms with Crippen LogP contribution in [0.15, 0.2) is 85.1 Å². The highest BCUT2D eigenvalue weighted by Gasteiger charge is 2.44.